The van der Waals surface area contributed by atoms with Crippen molar-refractivity contribution in [2.45, 2.75) is 6.54 Å². The number of fused-ring (bicyclic) bond motifs is 1. The molecule has 6 heteroatoms. The zero-order valence-corrected chi connectivity index (χ0v) is 14.1. The summed E-state index contributed by atoms with van der Waals surface area (Å²) >= 11 is 6.90. The van der Waals surface area contributed by atoms with E-state index in [1.807, 2.05) is 36.4 Å². The second-order valence-corrected chi connectivity index (χ2v) is 6.41. The highest BCUT2D eigenvalue weighted by molar-refractivity contribution is 9.11. The second kappa shape index (κ2) is 5.69. The lowest BCUT2D eigenvalue weighted by Crippen LogP contribution is -2.38. The normalized spacial score (nSPS) is 13.8. The van der Waals surface area contributed by atoms with E-state index in [4.69, 9.17) is 10.5 Å². The summed E-state index contributed by atoms with van der Waals surface area (Å²) in [5.41, 5.74) is 8.27. The highest BCUT2D eigenvalue weighted by atomic mass is 79.9. The topological polar surface area (TPSA) is 55.6 Å². The average molecular weight is 412 g/mol. The minimum Gasteiger partial charge on any atom is -0.482 e. The van der Waals surface area contributed by atoms with Gasteiger partial charge in [0, 0.05) is 14.6 Å². The molecule has 0 saturated heterocycles. The number of rotatable bonds is 2. The van der Waals surface area contributed by atoms with Crippen LogP contribution in [0.2, 0.25) is 0 Å². The molecule has 1 heterocycles. The molecule has 0 aliphatic carbocycles. The maximum atomic E-state index is 12.2. The van der Waals surface area contributed by atoms with E-state index >= 15 is 0 Å². The van der Waals surface area contributed by atoms with Gasteiger partial charge < -0.3 is 15.4 Å². The molecule has 0 atom stereocenters. The highest BCUT2D eigenvalue weighted by Gasteiger charge is 2.26. The number of nitrogens with two attached hydrogens (primary N) is 1. The number of carbonyl (C=O) groups is 1. The Bertz CT molecular complexity index is 719. The molecule has 0 radical (unpaired) electrons. The summed E-state index contributed by atoms with van der Waals surface area (Å²) in [6.45, 7) is 0.492. The number of anilines is 2. The van der Waals surface area contributed by atoms with Crippen LogP contribution in [0.15, 0.2) is 45.3 Å². The van der Waals surface area contributed by atoms with Crippen molar-refractivity contribution in [3.8, 4) is 5.75 Å². The van der Waals surface area contributed by atoms with E-state index in [0.29, 0.717) is 18.0 Å². The summed E-state index contributed by atoms with van der Waals surface area (Å²) in [4.78, 5) is 13.9. The number of nitrogen functional groups attached to an aromatic ring is 1. The Kier molecular flexibility index (Phi) is 3.91. The number of amides is 1. The van der Waals surface area contributed by atoms with Crippen LogP contribution in [0.1, 0.15) is 5.56 Å². The quantitative estimate of drug-likeness (QED) is 0.766. The molecule has 3 rings (SSSR count). The second-order valence-electron chi connectivity index (χ2n) is 4.70. The standard InChI is InChI=1S/C15H12Br2N2O2/c16-10-4-5-13-12(6-10)19(14(20)8-21-13)7-9-2-1-3-11(18)15(9)17/h1-6H,7-8,18H2. The van der Waals surface area contributed by atoms with E-state index in [0.717, 1.165) is 20.2 Å². The van der Waals surface area contributed by atoms with Gasteiger partial charge in [0.05, 0.1) is 12.2 Å². The summed E-state index contributed by atoms with van der Waals surface area (Å²) in [6.07, 6.45) is 0. The van der Waals surface area contributed by atoms with Crippen molar-refractivity contribution in [1.82, 2.24) is 0 Å². The fraction of sp³-hybridized carbons (Fsp3) is 0.133. The molecule has 108 valence electrons. The van der Waals surface area contributed by atoms with Crippen LogP contribution in [0.5, 0.6) is 5.75 Å². The summed E-state index contributed by atoms with van der Waals surface area (Å²) in [7, 11) is 0. The number of nitrogens with zero attached hydrogens (tertiary/aromatic N) is 1. The van der Waals surface area contributed by atoms with Crippen LogP contribution in [-0.4, -0.2) is 12.5 Å². The highest BCUT2D eigenvalue weighted by Crippen LogP contribution is 2.36. The lowest BCUT2D eigenvalue weighted by Gasteiger charge is -2.30. The minimum atomic E-state index is -0.0741. The minimum absolute atomic E-state index is 0.0502. The van der Waals surface area contributed by atoms with E-state index in [2.05, 4.69) is 31.9 Å². The molecule has 1 amide bonds. The molecule has 0 spiro atoms. The number of halogens is 2. The molecule has 0 unspecified atom stereocenters. The van der Waals surface area contributed by atoms with Crippen LogP contribution in [-0.2, 0) is 11.3 Å². The predicted molar refractivity (Wildman–Crippen MR) is 89.4 cm³/mol. The lowest BCUT2D eigenvalue weighted by atomic mass is 10.1. The maximum absolute atomic E-state index is 12.2. The first-order valence-corrected chi connectivity index (χ1v) is 7.90. The van der Waals surface area contributed by atoms with Gasteiger partial charge in [-0.25, -0.2) is 0 Å². The molecule has 0 saturated carbocycles. The largest absolute Gasteiger partial charge is 0.482 e. The van der Waals surface area contributed by atoms with Gasteiger partial charge in [0.2, 0.25) is 0 Å². The predicted octanol–water partition coefficient (Wildman–Crippen LogP) is 3.72. The number of hydrogen-bond acceptors (Lipinski definition) is 3. The fourth-order valence-electron chi connectivity index (χ4n) is 2.24. The van der Waals surface area contributed by atoms with Crippen molar-refractivity contribution in [3.63, 3.8) is 0 Å². The van der Waals surface area contributed by atoms with Gasteiger partial charge in [-0.05, 0) is 45.8 Å². The molecule has 0 bridgehead atoms. The third-order valence-electron chi connectivity index (χ3n) is 3.30. The fourth-order valence-corrected chi connectivity index (χ4v) is 2.98. The summed E-state index contributed by atoms with van der Waals surface area (Å²) in [5.74, 6) is 0.632. The van der Waals surface area contributed by atoms with E-state index in [1.54, 1.807) is 4.90 Å². The molecular weight excluding hydrogens is 400 g/mol. The Labute approximate surface area is 139 Å². The van der Waals surface area contributed by atoms with Crippen LogP contribution >= 0.6 is 31.9 Å². The maximum Gasteiger partial charge on any atom is 0.265 e. The Balaban J connectivity index is 2.00. The average Bonchev–Trinajstić information content (AvgIpc) is 2.46. The first kappa shape index (κ1) is 14.4. The van der Waals surface area contributed by atoms with Crippen LogP contribution in [0, 0.1) is 0 Å². The molecule has 2 N–H and O–H groups in total. The monoisotopic (exact) mass is 410 g/mol. The number of ether oxygens (including phenoxy) is 1. The van der Waals surface area contributed by atoms with E-state index < -0.39 is 0 Å². The van der Waals surface area contributed by atoms with Gasteiger partial charge in [0.1, 0.15) is 5.75 Å². The third kappa shape index (κ3) is 2.78. The summed E-state index contributed by atoms with van der Waals surface area (Å²) in [6, 6.07) is 11.3. The molecular formula is C15H12Br2N2O2. The molecule has 0 aromatic heterocycles. The van der Waals surface area contributed by atoms with Crippen LogP contribution in [0.4, 0.5) is 11.4 Å². The molecule has 0 fully saturated rings. The van der Waals surface area contributed by atoms with Crippen molar-refractivity contribution in [1.29, 1.82) is 0 Å². The molecule has 1 aliphatic rings. The van der Waals surface area contributed by atoms with Crippen molar-refractivity contribution in [2.75, 3.05) is 17.2 Å². The van der Waals surface area contributed by atoms with Crippen LogP contribution < -0.4 is 15.4 Å². The zero-order chi connectivity index (χ0) is 15.0. The van der Waals surface area contributed by atoms with Crippen LogP contribution in [0.25, 0.3) is 0 Å². The Morgan fingerprint density at radius 2 is 2.05 bits per heavy atom. The first-order valence-electron chi connectivity index (χ1n) is 6.32. The lowest BCUT2D eigenvalue weighted by molar-refractivity contribution is -0.121. The molecule has 4 nitrogen and oxygen atoms in total. The van der Waals surface area contributed by atoms with Gasteiger partial charge in [0.15, 0.2) is 6.61 Å². The number of carbonyl (C=O) groups excluding carboxylic acids is 1. The molecule has 2 aromatic rings. The van der Waals surface area contributed by atoms with Crippen molar-refractivity contribution < 1.29 is 9.53 Å². The van der Waals surface area contributed by atoms with E-state index in [-0.39, 0.29) is 12.5 Å². The van der Waals surface area contributed by atoms with Gasteiger partial charge in [-0.3, -0.25) is 4.79 Å². The van der Waals surface area contributed by atoms with Crippen molar-refractivity contribution >= 4 is 49.1 Å². The molecule has 21 heavy (non-hydrogen) atoms. The summed E-state index contributed by atoms with van der Waals surface area (Å²) < 4.78 is 7.18. The zero-order valence-electron chi connectivity index (χ0n) is 11.0. The first-order chi connectivity index (χ1) is 10.1. The molecule has 1 aliphatic heterocycles. The van der Waals surface area contributed by atoms with Crippen LogP contribution in [0.3, 0.4) is 0 Å². The third-order valence-corrected chi connectivity index (χ3v) is 4.76. The number of hydrogen-bond donors (Lipinski definition) is 1. The Morgan fingerprint density at radius 1 is 1.24 bits per heavy atom. The Morgan fingerprint density at radius 3 is 2.86 bits per heavy atom. The Hall–Kier alpha value is -1.53. The van der Waals surface area contributed by atoms with Gasteiger partial charge in [-0.15, -0.1) is 0 Å². The summed E-state index contributed by atoms with van der Waals surface area (Å²) in [5, 5.41) is 0. The van der Waals surface area contributed by atoms with Crippen molar-refractivity contribution in [2.24, 2.45) is 0 Å². The van der Waals surface area contributed by atoms with E-state index in [9.17, 15) is 4.79 Å². The van der Waals surface area contributed by atoms with Crippen molar-refractivity contribution in [3.05, 3.63) is 50.9 Å². The SMILES string of the molecule is Nc1cccc(CN2C(=O)COc3ccc(Br)cc32)c1Br. The van der Waals surface area contributed by atoms with Gasteiger partial charge in [0.25, 0.3) is 5.91 Å². The smallest absolute Gasteiger partial charge is 0.265 e. The number of benzene rings is 2. The van der Waals surface area contributed by atoms with Gasteiger partial charge >= 0.3 is 0 Å². The van der Waals surface area contributed by atoms with Gasteiger partial charge in [-0.1, -0.05) is 28.1 Å². The van der Waals surface area contributed by atoms with Gasteiger partial charge in [-0.2, -0.15) is 0 Å². The molecule has 2 aromatic carbocycles. The van der Waals surface area contributed by atoms with E-state index in [1.165, 1.54) is 0 Å².